The van der Waals surface area contributed by atoms with Gasteiger partial charge < -0.3 is 9.72 Å². The summed E-state index contributed by atoms with van der Waals surface area (Å²) >= 11 is 1.55. The lowest BCUT2D eigenvalue weighted by molar-refractivity contribution is 0.0603. The predicted molar refractivity (Wildman–Crippen MR) is 76.0 cm³/mol. The quantitative estimate of drug-likeness (QED) is 0.693. The molecule has 0 saturated carbocycles. The van der Waals surface area contributed by atoms with Crippen LogP contribution in [-0.2, 0) is 4.74 Å². The van der Waals surface area contributed by atoms with Crippen molar-refractivity contribution in [3.63, 3.8) is 0 Å². The highest BCUT2D eigenvalue weighted by Gasteiger charge is 2.15. The lowest BCUT2D eigenvalue weighted by Gasteiger charge is -2.05. The van der Waals surface area contributed by atoms with E-state index in [1.165, 1.54) is 7.11 Å². The Morgan fingerprint density at radius 2 is 2.11 bits per heavy atom. The first-order valence-electron chi connectivity index (χ1n) is 5.75. The largest absolute Gasteiger partial charge is 0.465 e. The molecule has 4 nitrogen and oxygen atoms in total. The molecule has 1 N–H and O–H groups in total. The van der Waals surface area contributed by atoms with Gasteiger partial charge in [0, 0.05) is 15.0 Å². The van der Waals surface area contributed by atoms with Crippen LogP contribution in [0.25, 0.3) is 21.0 Å². The third-order valence-corrected chi connectivity index (χ3v) is 4.14. The normalized spacial score (nSPS) is 11.1. The second kappa shape index (κ2) is 4.20. The molecular weight excluding hydrogens is 262 g/mol. The van der Waals surface area contributed by atoms with Gasteiger partial charge in [0.25, 0.3) is 5.56 Å². The highest BCUT2D eigenvalue weighted by atomic mass is 32.1. The molecule has 0 radical (unpaired) electrons. The Kier molecular flexibility index (Phi) is 2.64. The van der Waals surface area contributed by atoms with Crippen molar-refractivity contribution >= 4 is 38.3 Å². The molecule has 5 heteroatoms. The maximum Gasteiger partial charge on any atom is 0.339 e. The van der Waals surface area contributed by atoms with Crippen molar-refractivity contribution < 1.29 is 9.53 Å². The molecule has 0 aliphatic rings. The molecule has 0 unspecified atom stereocenters. The maximum absolute atomic E-state index is 12.1. The number of aryl methyl sites for hydroxylation is 1. The second-order valence-electron chi connectivity index (χ2n) is 4.27. The average Bonchev–Trinajstić information content (AvgIpc) is 2.80. The summed E-state index contributed by atoms with van der Waals surface area (Å²) in [7, 11) is 1.33. The van der Waals surface area contributed by atoms with Crippen LogP contribution >= 0.6 is 11.3 Å². The minimum atomic E-state index is -0.450. The van der Waals surface area contributed by atoms with E-state index in [4.69, 9.17) is 4.74 Å². The Bertz CT molecular complexity index is 860. The van der Waals surface area contributed by atoms with Crippen LogP contribution in [0.4, 0.5) is 0 Å². The lowest BCUT2D eigenvalue weighted by Crippen LogP contribution is -2.09. The van der Waals surface area contributed by atoms with Crippen LogP contribution < -0.4 is 5.56 Å². The number of aromatic nitrogens is 1. The van der Waals surface area contributed by atoms with Gasteiger partial charge in [-0.05, 0) is 19.1 Å². The molecule has 0 aliphatic heterocycles. The number of nitrogens with one attached hydrogen (secondary N) is 1. The number of carbonyl (C=O) groups is 1. The summed E-state index contributed by atoms with van der Waals surface area (Å²) in [5.41, 5.74) is 0.738. The molecule has 1 aromatic carbocycles. The number of H-pyrrole nitrogens is 1. The Labute approximate surface area is 112 Å². The van der Waals surface area contributed by atoms with Gasteiger partial charge in [-0.2, -0.15) is 0 Å². The first-order chi connectivity index (χ1) is 9.11. The molecule has 2 heterocycles. The Hall–Kier alpha value is -2.14. The molecule has 0 bridgehead atoms. The number of hydrogen-bond donors (Lipinski definition) is 1. The van der Waals surface area contributed by atoms with Gasteiger partial charge in [-0.15, -0.1) is 11.3 Å². The molecule has 0 saturated heterocycles. The van der Waals surface area contributed by atoms with E-state index in [1.54, 1.807) is 23.5 Å². The fraction of sp³-hybridized carbons (Fsp3) is 0.143. The minimum Gasteiger partial charge on any atom is -0.465 e. The first kappa shape index (κ1) is 11.9. The van der Waals surface area contributed by atoms with Crippen LogP contribution in [0.5, 0.6) is 0 Å². The number of pyridine rings is 1. The highest BCUT2D eigenvalue weighted by Crippen LogP contribution is 2.30. The number of esters is 1. The van der Waals surface area contributed by atoms with Crippen molar-refractivity contribution in [3.8, 4) is 0 Å². The van der Waals surface area contributed by atoms with Crippen molar-refractivity contribution in [1.82, 2.24) is 4.98 Å². The van der Waals surface area contributed by atoms with E-state index in [1.807, 2.05) is 19.1 Å². The highest BCUT2D eigenvalue weighted by molar-refractivity contribution is 7.20. The number of carbonyl (C=O) groups excluding carboxylic acids is 1. The molecule has 0 atom stereocenters. The minimum absolute atomic E-state index is 0.178. The van der Waals surface area contributed by atoms with Gasteiger partial charge in [0.05, 0.1) is 23.6 Å². The van der Waals surface area contributed by atoms with Crippen LogP contribution in [0.1, 0.15) is 15.2 Å². The van der Waals surface area contributed by atoms with E-state index < -0.39 is 5.97 Å². The molecule has 0 aliphatic carbocycles. The first-order valence-corrected chi connectivity index (χ1v) is 6.57. The zero-order valence-corrected chi connectivity index (χ0v) is 11.3. The number of aromatic amines is 1. The van der Waals surface area contributed by atoms with E-state index in [2.05, 4.69) is 4.98 Å². The summed E-state index contributed by atoms with van der Waals surface area (Å²) in [5.74, 6) is -0.450. The lowest BCUT2D eigenvalue weighted by atomic mass is 10.1. The van der Waals surface area contributed by atoms with Crippen LogP contribution in [0.15, 0.2) is 29.1 Å². The molecule has 0 amide bonds. The summed E-state index contributed by atoms with van der Waals surface area (Å²) in [5, 5.41) is 1.53. The number of methoxy groups -OCH3 is 1. The van der Waals surface area contributed by atoms with E-state index in [-0.39, 0.29) is 5.56 Å². The SMILES string of the molecule is COC(=O)c1cccc2c1[nH]c(=O)c1cc(C)sc12. The molecular formula is C14H11NO3S. The second-order valence-corrected chi connectivity index (χ2v) is 5.53. The number of hydrogen-bond acceptors (Lipinski definition) is 4. The van der Waals surface area contributed by atoms with Gasteiger partial charge in [0.2, 0.25) is 0 Å². The Balaban J connectivity index is 2.52. The fourth-order valence-electron chi connectivity index (χ4n) is 2.22. The summed E-state index contributed by atoms with van der Waals surface area (Å²) in [6, 6.07) is 7.21. The van der Waals surface area contributed by atoms with Crippen molar-refractivity contribution in [2.45, 2.75) is 6.92 Å². The molecule has 2 aromatic heterocycles. The van der Waals surface area contributed by atoms with Crippen LogP contribution in [0, 0.1) is 6.92 Å². The van der Waals surface area contributed by atoms with Crippen LogP contribution in [0.2, 0.25) is 0 Å². The van der Waals surface area contributed by atoms with Crippen molar-refractivity contribution in [2.75, 3.05) is 7.11 Å². The van der Waals surface area contributed by atoms with Gasteiger partial charge in [0.1, 0.15) is 0 Å². The van der Waals surface area contributed by atoms with Crippen molar-refractivity contribution in [1.29, 1.82) is 0 Å². The number of rotatable bonds is 1. The van der Waals surface area contributed by atoms with E-state index in [9.17, 15) is 9.59 Å². The molecule has 0 fully saturated rings. The topological polar surface area (TPSA) is 59.2 Å². The number of ether oxygens (including phenoxy) is 1. The number of benzene rings is 1. The molecule has 3 rings (SSSR count). The molecule has 96 valence electrons. The third-order valence-electron chi connectivity index (χ3n) is 3.05. The van der Waals surface area contributed by atoms with Crippen LogP contribution in [0.3, 0.4) is 0 Å². The van der Waals surface area contributed by atoms with Crippen molar-refractivity contribution in [2.24, 2.45) is 0 Å². The molecule has 19 heavy (non-hydrogen) atoms. The van der Waals surface area contributed by atoms with Gasteiger partial charge in [-0.1, -0.05) is 12.1 Å². The summed E-state index contributed by atoms with van der Waals surface area (Å²) in [6.45, 7) is 1.96. The maximum atomic E-state index is 12.1. The monoisotopic (exact) mass is 273 g/mol. The van der Waals surface area contributed by atoms with E-state index in [0.717, 1.165) is 15.0 Å². The van der Waals surface area contributed by atoms with Gasteiger partial charge in [0.15, 0.2) is 0 Å². The van der Waals surface area contributed by atoms with Gasteiger partial charge in [-0.25, -0.2) is 4.79 Å². The van der Waals surface area contributed by atoms with E-state index >= 15 is 0 Å². The Morgan fingerprint density at radius 3 is 2.84 bits per heavy atom. The molecule has 3 aromatic rings. The Morgan fingerprint density at radius 1 is 1.32 bits per heavy atom. The smallest absolute Gasteiger partial charge is 0.339 e. The predicted octanol–water partition coefficient (Wildman–Crippen LogP) is 2.84. The fourth-order valence-corrected chi connectivity index (χ4v) is 3.26. The number of fused-ring (bicyclic) bond motifs is 3. The standard InChI is InChI=1S/C14H11NO3S/c1-7-6-10-12(19-7)8-4-3-5-9(14(17)18-2)11(8)15-13(10)16/h3-6H,1-2H3,(H,15,16). The summed E-state index contributed by atoms with van der Waals surface area (Å²) < 4.78 is 5.65. The zero-order valence-electron chi connectivity index (χ0n) is 10.4. The molecule has 0 spiro atoms. The van der Waals surface area contributed by atoms with Crippen LogP contribution in [-0.4, -0.2) is 18.1 Å². The van der Waals surface area contributed by atoms with Gasteiger partial charge in [-0.3, -0.25) is 4.79 Å². The summed E-state index contributed by atoms with van der Waals surface area (Å²) in [6.07, 6.45) is 0. The van der Waals surface area contributed by atoms with Gasteiger partial charge >= 0.3 is 5.97 Å². The zero-order chi connectivity index (χ0) is 13.6. The number of thiophene rings is 1. The van der Waals surface area contributed by atoms with E-state index in [0.29, 0.717) is 16.5 Å². The number of para-hydroxylation sites is 1. The van der Waals surface area contributed by atoms with Crippen molar-refractivity contribution in [3.05, 3.63) is 45.1 Å². The third kappa shape index (κ3) is 1.74. The summed E-state index contributed by atoms with van der Waals surface area (Å²) in [4.78, 5) is 27.7. The average molecular weight is 273 g/mol.